The Kier molecular flexibility index (Phi) is 5.37. The predicted octanol–water partition coefficient (Wildman–Crippen LogP) is 1.85. The highest BCUT2D eigenvalue weighted by Gasteiger charge is 2.00. The van der Waals surface area contributed by atoms with E-state index in [1.165, 1.54) is 11.1 Å². The van der Waals surface area contributed by atoms with Crippen LogP contribution in [0.2, 0.25) is 0 Å². The third-order valence-electron chi connectivity index (χ3n) is 2.72. The summed E-state index contributed by atoms with van der Waals surface area (Å²) in [5.41, 5.74) is 2.79. The molecule has 0 amide bonds. The van der Waals surface area contributed by atoms with Gasteiger partial charge in [0.15, 0.2) is 0 Å². The molecule has 1 N–H and O–H groups in total. The average molecular weight is 207 g/mol. The van der Waals surface area contributed by atoms with Crippen LogP contribution in [0.3, 0.4) is 0 Å². The molecule has 84 valence electrons. The van der Waals surface area contributed by atoms with Crippen molar-refractivity contribution < 1.29 is 5.11 Å². The number of likely N-dealkylation sites (N-methyl/N-ethyl adjacent to an activating group) is 1. The summed E-state index contributed by atoms with van der Waals surface area (Å²) >= 11 is 0. The maximum atomic E-state index is 8.72. The molecule has 0 unspecified atom stereocenters. The minimum Gasteiger partial charge on any atom is -0.396 e. The minimum absolute atomic E-state index is 0.286. The highest BCUT2D eigenvalue weighted by Crippen LogP contribution is 2.07. The van der Waals surface area contributed by atoms with E-state index < -0.39 is 0 Å². The Bertz CT molecular complexity index is 286. The van der Waals surface area contributed by atoms with Crippen LogP contribution in [0.15, 0.2) is 24.3 Å². The predicted molar refractivity (Wildman–Crippen MR) is 64.1 cm³/mol. The zero-order valence-electron chi connectivity index (χ0n) is 9.74. The molecule has 0 atom stereocenters. The lowest BCUT2D eigenvalue weighted by atomic mass is 10.1. The Morgan fingerprint density at radius 3 is 2.60 bits per heavy atom. The lowest BCUT2D eigenvalue weighted by molar-refractivity contribution is 0.248. The van der Waals surface area contributed by atoms with Gasteiger partial charge in [0.1, 0.15) is 0 Å². The molecule has 0 aliphatic rings. The number of aliphatic hydroxyl groups is 1. The number of aryl methyl sites for hydroxylation is 1. The first-order valence-corrected chi connectivity index (χ1v) is 5.58. The van der Waals surface area contributed by atoms with Gasteiger partial charge in [0.25, 0.3) is 0 Å². The molecule has 0 aliphatic heterocycles. The summed E-state index contributed by atoms with van der Waals surface area (Å²) in [6.45, 7) is 4.48. The highest BCUT2D eigenvalue weighted by atomic mass is 16.3. The highest BCUT2D eigenvalue weighted by molar-refractivity contribution is 5.25. The largest absolute Gasteiger partial charge is 0.396 e. The Morgan fingerprint density at radius 2 is 1.93 bits per heavy atom. The van der Waals surface area contributed by atoms with E-state index in [1.54, 1.807) is 0 Å². The molecule has 0 fully saturated rings. The van der Waals surface area contributed by atoms with Gasteiger partial charge in [-0.05, 0) is 37.9 Å². The second-order valence-corrected chi connectivity index (χ2v) is 4.06. The molecule has 0 aromatic heterocycles. The van der Waals surface area contributed by atoms with E-state index in [-0.39, 0.29) is 6.61 Å². The molecule has 1 aromatic carbocycles. The van der Waals surface area contributed by atoms with Crippen molar-refractivity contribution in [2.45, 2.75) is 19.8 Å². The summed E-state index contributed by atoms with van der Waals surface area (Å²) in [4.78, 5) is 2.27. The average Bonchev–Trinajstić information content (AvgIpc) is 2.25. The Labute approximate surface area is 92.5 Å². The van der Waals surface area contributed by atoms with Crippen LogP contribution in [0.1, 0.15) is 17.5 Å². The normalized spacial score (nSPS) is 10.9. The summed E-state index contributed by atoms with van der Waals surface area (Å²) in [6.07, 6.45) is 1.96. The number of hydrogen-bond acceptors (Lipinski definition) is 2. The van der Waals surface area contributed by atoms with Crippen molar-refractivity contribution in [1.29, 1.82) is 0 Å². The van der Waals surface area contributed by atoms with Crippen molar-refractivity contribution in [3.8, 4) is 0 Å². The summed E-state index contributed by atoms with van der Waals surface area (Å²) in [5, 5.41) is 8.72. The molecule has 2 heteroatoms. The van der Waals surface area contributed by atoms with Gasteiger partial charge in [-0.2, -0.15) is 0 Å². The number of rotatable bonds is 6. The van der Waals surface area contributed by atoms with E-state index in [4.69, 9.17) is 5.11 Å². The molecule has 0 radical (unpaired) electrons. The topological polar surface area (TPSA) is 23.5 Å². The van der Waals surface area contributed by atoms with E-state index in [0.717, 1.165) is 25.9 Å². The lowest BCUT2D eigenvalue weighted by Gasteiger charge is -2.16. The van der Waals surface area contributed by atoms with E-state index in [0.29, 0.717) is 0 Å². The van der Waals surface area contributed by atoms with Crippen LogP contribution in [0, 0.1) is 6.92 Å². The zero-order chi connectivity index (χ0) is 11.1. The fourth-order valence-corrected chi connectivity index (χ4v) is 1.65. The number of hydrogen-bond donors (Lipinski definition) is 1. The van der Waals surface area contributed by atoms with Crippen LogP contribution in [0.4, 0.5) is 0 Å². The van der Waals surface area contributed by atoms with Gasteiger partial charge in [-0.25, -0.2) is 0 Å². The second-order valence-electron chi connectivity index (χ2n) is 4.06. The number of nitrogens with zero attached hydrogens (tertiary/aromatic N) is 1. The molecular formula is C13H21NO. The van der Waals surface area contributed by atoms with Gasteiger partial charge in [-0.1, -0.05) is 24.3 Å². The third kappa shape index (κ3) is 4.45. The van der Waals surface area contributed by atoms with Crippen molar-refractivity contribution >= 4 is 0 Å². The smallest absolute Gasteiger partial charge is 0.0443 e. The molecule has 1 aromatic rings. The molecule has 0 spiro atoms. The van der Waals surface area contributed by atoms with Gasteiger partial charge < -0.3 is 10.0 Å². The minimum atomic E-state index is 0.286. The third-order valence-corrected chi connectivity index (χ3v) is 2.72. The van der Waals surface area contributed by atoms with Gasteiger partial charge >= 0.3 is 0 Å². The fourth-order valence-electron chi connectivity index (χ4n) is 1.65. The van der Waals surface area contributed by atoms with Crippen molar-refractivity contribution in [1.82, 2.24) is 4.90 Å². The SMILES string of the molecule is Cc1ccccc1CCN(C)CCCO. The maximum absolute atomic E-state index is 8.72. The summed E-state index contributed by atoms with van der Waals surface area (Å²) in [7, 11) is 2.11. The van der Waals surface area contributed by atoms with Crippen LogP contribution < -0.4 is 0 Å². The molecule has 0 saturated heterocycles. The quantitative estimate of drug-likeness (QED) is 0.769. The Hall–Kier alpha value is -0.860. The van der Waals surface area contributed by atoms with E-state index >= 15 is 0 Å². The van der Waals surface area contributed by atoms with Gasteiger partial charge in [-0.3, -0.25) is 0 Å². The standard InChI is InChI=1S/C13H21NO/c1-12-6-3-4-7-13(12)8-10-14(2)9-5-11-15/h3-4,6-7,15H,5,8-11H2,1-2H3. The zero-order valence-corrected chi connectivity index (χ0v) is 9.74. The number of aliphatic hydroxyl groups excluding tert-OH is 1. The Morgan fingerprint density at radius 1 is 1.20 bits per heavy atom. The van der Waals surface area contributed by atoms with Gasteiger partial charge in [0.2, 0.25) is 0 Å². The van der Waals surface area contributed by atoms with Gasteiger partial charge in [0, 0.05) is 19.7 Å². The fraction of sp³-hybridized carbons (Fsp3) is 0.538. The molecule has 0 heterocycles. The van der Waals surface area contributed by atoms with Crippen LogP contribution >= 0.6 is 0 Å². The van der Waals surface area contributed by atoms with Crippen LogP contribution in [0.25, 0.3) is 0 Å². The first kappa shape index (κ1) is 12.2. The monoisotopic (exact) mass is 207 g/mol. The summed E-state index contributed by atoms with van der Waals surface area (Å²) in [6, 6.07) is 8.52. The molecule has 0 saturated carbocycles. The Balaban J connectivity index is 2.33. The van der Waals surface area contributed by atoms with E-state index in [1.807, 2.05) is 0 Å². The van der Waals surface area contributed by atoms with Gasteiger partial charge in [0.05, 0.1) is 0 Å². The van der Waals surface area contributed by atoms with Crippen molar-refractivity contribution in [3.05, 3.63) is 35.4 Å². The van der Waals surface area contributed by atoms with Crippen molar-refractivity contribution in [3.63, 3.8) is 0 Å². The number of benzene rings is 1. The molecule has 15 heavy (non-hydrogen) atoms. The second kappa shape index (κ2) is 6.59. The summed E-state index contributed by atoms with van der Waals surface area (Å²) < 4.78 is 0. The van der Waals surface area contributed by atoms with Crippen LogP contribution in [0.5, 0.6) is 0 Å². The maximum Gasteiger partial charge on any atom is 0.0443 e. The molecule has 0 bridgehead atoms. The van der Waals surface area contributed by atoms with E-state index in [9.17, 15) is 0 Å². The first-order valence-electron chi connectivity index (χ1n) is 5.58. The molecular weight excluding hydrogens is 186 g/mol. The van der Waals surface area contributed by atoms with Crippen molar-refractivity contribution in [2.24, 2.45) is 0 Å². The molecule has 1 rings (SSSR count). The summed E-state index contributed by atoms with van der Waals surface area (Å²) in [5.74, 6) is 0. The van der Waals surface area contributed by atoms with E-state index in [2.05, 4.69) is 43.1 Å². The lowest BCUT2D eigenvalue weighted by Crippen LogP contribution is -2.23. The van der Waals surface area contributed by atoms with Crippen LogP contribution in [-0.4, -0.2) is 36.8 Å². The van der Waals surface area contributed by atoms with Crippen molar-refractivity contribution in [2.75, 3.05) is 26.7 Å². The molecule has 2 nitrogen and oxygen atoms in total. The molecule has 0 aliphatic carbocycles. The van der Waals surface area contributed by atoms with Crippen LogP contribution in [-0.2, 0) is 6.42 Å². The first-order chi connectivity index (χ1) is 7.24. The van der Waals surface area contributed by atoms with Gasteiger partial charge in [-0.15, -0.1) is 0 Å².